The largest absolute Gasteiger partial charge is 0.490 e. The van der Waals surface area contributed by atoms with Gasteiger partial charge in [0.15, 0.2) is 11.5 Å². The molecular weight excluding hydrogens is 436 g/mol. The first-order valence-electron chi connectivity index (χ1n) is 11.7. The summed E-state index contributed by atoms with van der Waals surface area (Å²) in [6.07, 6.45) is 1.68. The Bertz CT molecular complexity index is 1380. The Morgan fingerprint density at radius 2 is 1.43 bits per heavy atom. The summed E-state index contributed by atoms with van der Waals surface area (Å²) in [5.41, 5.74) is 6.05. The van der Waals surface area contributed by atoms with Gasteiger partial charge in [0.05, 0.1) is 13.2 Å². The summed E-state index contributed by atoms with van der Waals surface area (Å²) >= 11 is 0. The number of hydrogen-bond acceptors (Lipinski definition) is 5. The highest BCUT2D eigenvalue weighted by Gasteiger charge is 2.22. The van der Waals surface area contributed by atoms with Crippen LogP contribution >= 0.6 is 0 Å². The van der Waals surface area contributed by atoms with E-state index in [9.17, 15) is 5.26 Å². The van der Waals surface area contributed by atoms with Crippen LogP contribution in [0.3, 0.4) is 0 Å². The monoisotopic (exact) mass is 464 g/mol. The average Bonchev–Trinajstić information content (AvgIpc) is 3.24. The average molecular weight is 465 g/mol. The number of aryl methyl sites for hydroxylation is 2. The molecule has 5 nitrogen and oxygen atoms in total. The second-order valence-corrected chi connectivity index (χ2v) is 8.16. The van der Waals surface area contributed by atoms with Crippen LogP contribution in [0.15, 0.2) is 76.1 Å². The molecule has 1 heterocycles. The van der Waals surface area contributed by atoms with Gasteiger partial charge in [-0.15, -0.1) is 0 Å². The van der Waals surface area contributed by atoms with Crippen LogP contribution in [0.2, 0.25) is 0 Å². The summed E-state index contributed by atoms with van der Waals surface area (Å²) in [6.45, 7) is 9.01. The molecule has 4 rings (SSSR count). The normalized spacial score (nSPS) is 10.9. The summed E-state index contributed by atoms with van der Waals surface area (Å²) in [7, 11) is 0. The zero-order valence-electron chi connectivity index (χ0n) is 20.5. The highest BCUT2D eigenvalue weighted by atomic mass is 16.5. The first-order valence-corrected chi connectivity index (χ1v) is 11.7. The lowest BCUT2D eigenvalue weighted by atomic mass is 9.97. The van der Waals surface area contributed by atoms with Gasteiger partial charge in [0, 0.05) is 17.3 Å². The zero-order valence-corrected chi connectivity index (χ0v) is 20.5. The molecule has 0 saturated carbocycles. The lowest BCUT2D eigenvalue weighted by Crippen LogP contribution is -1.99. The van der Waals surface area contributed by atoms with E-state index in [4.69, 9.17) is 13.9 Å². The van der Waals surface area contributed by atoms with Crippen molar-refractivity contribution in [3.8, 4) is 40.0 Å². The maximum absolute atomic E-state index is 10.1. The lowest BCUT2D eigenvalue weighted by molar-refractivity contribution is 0.288. The Kier molecular flexibility index (Phi) is 7.32. The van der Waals surface area contributed by atoms with Crippen LogP contribution in [0.4, 0.5) is 5.88 Å². The molecule has 0 aliphatic carbocycles. The summed E-state index contributed by atoms with van der Waals surface area (Å²) < 4.78 is 17.6. The SMILES string of the molecule is CCOc1ccc(C=Nc2oc(-c3ccc(C)cc3)c(-c3ccc(C)cc3)c2C#N)cc1OCC. The number of nitrogens with zero attached hydrogens (tertiary/aromatic N) is 2. The Labute approximate surface area is 206 Å². The number of rotatable bonds is 8. The van der Waals surface area contributed by atoms with Crippen LogP contribution in [-0.4, -0.2) is 19.4 Å². The minimum absolute atomic E-state index is 0.269. The van der Waals surface area contributed by atoms with Crippen molar-refractivity contribution in [2.75, 3.05) is 13.2 Å². The van der Waals surface area contributed by atoms with E-state index in [0.717, 1.165) is 33.4 Å². The van der Waals surface area contributed by atoms with Crippen molar-refractivity contribution in [2.24, 2.45) is 4.99 Å². The predicted octanol–water partition coefficient (Wildman–Crippen LogP) is 7.65. The van der Waals surface area contributed by atoms with Gasteiger partial charge < -0.3 is 13.9 Å². The standard InChI is InChI=1S/C30H28N2O3/c1-5-33-26-16-11-22(17-27(26)34-6-2)19-32-30-25(18-31)28(23-12-7-20(3)8-13-23)29(35-30)24-14-9-21(4)10-15-24/h7-17,19H,5-6H2,1-4H3. The van der Waals surface area contributed by atoms with E-state index >= 15 is 0 Å². The molecule has 4 aromatic rings. The first-order chi connectivity index (χ1) is 17.0. The van der Waals surface area contributed by atoms with Crippen LogP contribution < -0.4 is 9.47 Å². The number of furan rings is 1. The molecule has 176 valence electrons. The van der Waals surface area contributed by atoms with E-state index in [1.165, 1.54) is 0 Å². The van der Waals surface area contributed by atoms with E-state index in [1.807, 2.05) is 94.4 Å². The summed E-state index contributed by atoms with van der Waals surface area (Å²) in [6, 6.07) is 24.1. The quantitative estimate of drug-likeness (QED) is 0.251. The van der Waals surface area contributed by atoms with E-state index in [2.05, 4.69) is 11.1 Å². The Balaban J connectivity index is 1.81. The van der Waals surface area contributed by atoms with Crippen molar-refractivity contribution < 1.29 is 13.9 Å². The van der Waals surface area contributed by atoms with Gasteiger partial charge in [0.1, 0.15) is 17.4 Å². The number of benzene rings is 3. The van der Waals surface area contributed by atoms with Gasteiger partial charge in [-0.25, -0.2) is 4.99 Å². The Morgan fingerprint density at radius 1 is 0.829 bits per heavy atom. The third-order valence-corrected chi connectivity index (χ3v) is 5.55. The third kappa shape index (κ3) is 5.28. The minimum atomic E-state index is 0.269. The van der Waals surface area contributed by atoms with Gasteiger partial charge in [0.25, 0.3) is 0 Å². The molecule has 0 aliphatic heterocycles. The molecule has 0 saturated heterocycles. The topological polar surface area (TPSA) is 67.8 Å². The smallest absolute Gasteiger partial charge is 0.238 e. The number of aliphatic imine (C=N–C) groups is 1. The fraction of sp³-hybridized carbons (Fsp3) is 0.200. The molecule has 5 heteroatoms. The molecule has 0 fully saturated rings. The van der Waals surface area contributed by atoms with Crippen molar-refractivity contribution in [3.05, 3.63) is 89.0 Å². The first kappa shape index (κ1) is 23.8. The zero-order chi connectivity index (χ0) is 24.8. The molecule has 0 amide bonds. The van der Waals surface area contributed by atoms with Crippen molar-refractivity contribution in [2.45, 2.75) is 27.7 Å². The fourth-order valence-electron chi connectivity index (χ4n) is 3.80. The molecule has 0 spiro atoms. The number of ether oxygens (including phenoxy) is 2. The van der Waals surface area contributed by atoms with Crippen LogP contribution in [0.25, 0.3) is 22.5 Å². The molecule has 0 bridgehead atoms. The number of nitriles is 1. The summed E-state index contributed by atoms with van der Waals surface area (Å²) in [5.74, 6) is 2.23. The van der Waals surface area contributed by atoms with E-state index in [-0.39, 0.29) is 5.88 Å². The molecular formula is C30H28N2O3. The Morgan fingerprint density at radius 3 is 2.03 bits per heavy atom. The van der Waals surface area contributed by atoms with Crippen molar-refractivity contribution >= 4 is 12.1 Å². The van der Waals surface area contributed by atoms with Gasteiger partial charge in [-0.05, 0) is 57.0 Å². The van der Waals surface area contributed by atoms with Gasteiger partial charge >= 0.3 is 0 Å². The molecule has 0 unspecified atom stereocenters. The van der Waals surface area contributed by atoms with Crippen LogP contribution in [-0.2, 0) is 0 Å². The summed E-state index contributed by atoms with van der Waals surface area (Å²) in [4.78, 5) is 4.58. The van der Waals surface area contributed by atoms with E-state index < -0.39 is 0 Å². The van der Waals surface area contributed by atoms with Crippen LogP contribution in [0.5, 0.6) is 11.5 Å². The minimum Gasteiger partial charge on any atom is -0.490 e. The second-order valence-electron chi connectivity index (χ2n) is 8.16. The van der Waals surface area contributed by atoms with Gasteiger partial charge in [-0.3, -0.25) is 0 Å². The van der Waals surface area contributed by atoms with Crippen LogP contribution in [0.1, 0.15) is 36.1 Å². The van der Waals surface area contributed by atoms with E-state index in [0.29, 0.717) is 36.0 Å². The highest BCUT2D eigenvalue weighted by Crippen LogP contribution is 2.42. The molecule has 0 aliphatic rings. The highest BCUT2D eigenvalue weighted by molar-refractivity contribution is 5.90. The molecule has 0 radical (unpaired) electrons. The van der Waals surface area contributed by atoms with E-state index in [1.54, 1.807) is 6.21 Å². The summed E-state index contributed by atoms with van der Waals surface area (Å²) in [5, 5.41) is 10.1. The second kappa shape index (κ2) is 10.8. The maximum atomic E-state index is 10.1. The molecule has 0 atom stereocenters. The Hall–Kier alpha value is -4.30. The molecule has 3 aromatic carbocycles. The maximum Gasteiger partial charge on any atom is 0.238 e. The van der Waals surface area contributed by atoms with Crippen LogP contribution in [0, 0.1) is 25.2 Å². The van der Waals surface area contributed by atoms with Crippen molar-refractivity contribution in [1.82, 2.24) is 0 Å². The van der Waals surface area contributed by atoms with Gasteiger partial charge in [-0.1, -0.05) is 59.7 Å². The predicted molar refractivity (Wildman–Crippen MR) is 140 cm³/mol. The van der Waals surface area contributed by atoms with Crippen molar-refractivity contribution in [3.63, 3.8) is 0 Å². The molecule has 35 heavy (non-hydrogen) atoms. The third-order valence-electron chi connectivity index (χ3n) is 5.55. The fourth-order valence-corrected chi connectivity index (χ4v) is 3.80. The number of hydrogen-bond donors (Lipinski definition) is 0. The van der Waals surface area contributed by atoms with Gasteiger partial charge in [-0.2, -0.15) is 5.26 Å². The van der Waals surface area contributed by atoms with Crippen molar-refractivity contribution in [1.29, 1.82) is 5.26 Å². The molecule has 1 aromatic heterocycles. The van der Waals surface area contributed by atoms with Gasteiger partial charge in [0.2, 0.25) is 5.88 Å². The molecule has 0 N–H and O–H groups in total. The lowest BCUT2D eigenvalue weighted by Gasteiger charge is -2.10.